The number of ether oxygens (including phenoxy) is 1. The van der Waals surface area contributed by atoms with Gasteiger partial charge in [0.1, 0.15) is 5.82 Å². The van der Waals surface area contributed by atoms with Crippen molar-refractivity contribution in [2.24, 2.45) is 0 Å². The molecule has 0 saturated carbocycles. The van der Waals surface area contributed by atoms with Crippen molar-refractivity contribution in [1.82, 2.24) is 4.98 Å². The van der Waals surface area contributed by atoms with Crippen molar-refractivity contribution in [3.8, 4) is 0 Å². The molecular formula is C11H14N2O3. The van der Waals surface area contributed by atoms with E-state index in [2.05, 4.69) is 9.72 Å². The molecule has 1 aromatic rings. The number of aromatic nitrogens is 1. The molecular weight excluding hydrogens is 208 g/mol. The van der Waals surface area contributed by atoms with E-state index in [1.807, 2.05) is 4.90 Å². The van der Waals surface area contributed by atoms with Crippen molar-refractivity contribution in [3.63, 3.8) is 0 Å². The summed E-state index contributed by atoms with van der Waals surface area (Å²) in [4.78, 5) is 17.6. The first-order chi connectivity index (χ1) is 7.61. The summed E-state index contributed by atoms with van der Waals surface area (Å²) in [6, 6.07) is 3.47. The van der Waals surface area contributed by atoms with Gasteiger partial charge in [-0.3, -0.25) is 0 Å². The smallest absolute Gasteiger partial charge is 0.339 e. The number of hydrogen-bond acceptors (Lipinski definition) is 5. The number of hydrogen-bond donors (Lipinski definition) is 1. The van der Waals surface area contributed by atoms with E-state index in [1.165, 1.54) is 7.11 Å². The van der Waals surface area contributed by atoms with Gasteiger partial charge in [0.15, 0.2) is 0 Å². The zero-order chi connectivity index (χ0) is 11.7. The summed E-state index contributed by atoms with van der Waals surface area (Å²) in [5.74, 6) is 0.413. The Morgan fingerprint density at radius 2 is 2.25 bits per heavy atom. The van der Waals surface area contributed by atoms with E-state index in [0.717, 1.165) is 5.82 Å². The second-order valence-corrected chi connectivity index (χ2v) is 3.85. The lowest BCUT2D eigenvalue weighted by Gasteiger charge is -2.37. The van der Waals surface area contributed by atoms with Crippen molar-refractivity contribution in [3.05, 3.63) is 23.4 Å². The molecule has 2 rings (SSSR count). The van der Waals surface area contributed by atoms with Gasteiger partial charge >= 0.3 is 5.97 Å². The molecule has 0 aromatic carbocycles. The van der Waals surface area contributed by atoms with Gasteiger partial charge in [0.05, 0.1) is 24.5 Å². The fourth-order valence-electron chi connectivity index (χ4n) is 1.69. The molecule has 1 aromatic heterocycles. The molecule has 0 bridgehead atoms. The highest BCUT2D eigenvalue weighted by atomic mass is 16.5. The monoisotopic (exact) mass is 222 g/mol. The van der Waals surface area contributed by atoms with Gasteiger partial charge in [-0.1, -0.05) is 0 Å². The predicted molar refractivity (Wildman–Crippen MR) is 58.5 cm³/mol. The van der Waals surface area contributed by atoms with Crippen LogP contribution >= 0.6 is 0 Å². The third-order valence-corrected chi connectivity index (χ3v) is 2.66. The lowest BCUT2D eigenvalue weighted by atomic mass is 10.1. The van der Waals surface area contributed by atoms with Gasteiger partial charge < -0.3 is 14.7 Å². The molecule has 2 heterocycles. The summed E-state index contributed by atoms with van der Waals surface area (Å²) in [7, 11) is 1.35. The van der Waals surface area contributed by atoms with Crippen LogP contribution in [0.3, 0.4) is 0 Å². The largest absolute Gasteiger partial charge is 0.465 e. The summed E-state index contributed by atoms with van der Waals surface area (Å²) < 4.78 is 4.64. The van der Waals surface area contributed by atoms with Gasteiger partial charge in [-0.2, -0.15) is 0 Å². The zero-order valence-electron chi connectivity index (χ0n) is 9.30. The summed E-state index contributed by atoms with van der Waals surface area (Å²) >= 11 is 0. The number of aliphatic hydroxyl groups is 1. The van der Waals surface area contributed by atoms with Gasteiger partial charge in [-0.25, -0.2) is 9.78 Å². The average molecular weight is 222 g/mol. The number of rotatable bonds is 2. The van der Waals surface area contributed by atoms with Gasteiger partial charge in [0, 0.05) is 13.1 Å². The SMILES string of the molecule is COC(=O)c1ccc(N2CC(O)C2)nc1C. The Morgan fingerprint density at radius 3 is 2.75 bits per heavy atom. The Balaban J connectivity index is 2.19. The van der Waals surface area contributed by atoms with Crippen LogP contribution in [0.25, 0.3) is 0 Å². The number of anilines is 1. The minimum Gasteiger partial charge on any atom is -0.465 e. The molecule has 0 radical (unpaired) electrons. The topological polar surface area (TPSA) is 62.7 Å². The maximum absolute atomic E-state index is 11.3. The molecule has 1 N–H and O–H groups in total. The summed E-state index contributed by atoms with van der Waals surface area (Å²) in [5, 5.41) is 9.19. The van der Waals surface area contributed by atoms with E-state index in [1.54, 1.807) is 19.1 Å². The fourth-order valence-corrected chi connectivity index (χ4v) is 1.69. The molecule has 0 amide bonds. The number of methoxy groups -OCH3 is 1. The Kier molecular flexibility index (Phi) is 2.78. The first-order valence-corrected chi connectivity index (χ1v) is 5.11. The Labute approximate surface area is 93.7 Å². The van der Waals surface area contributed by atoms with Crippen LogP contribution < -0.4 is 4.90 Å². The summed E-state index contributed by atoms with van der Waals surface area (Å²) in [6.07, 6.45) is -0.262. The van der Waals surface area contributed by atoms with Crippen LogP contribution in [0.2, 0.25) is 0 Å². The average Bonchev–Trinajstić information content (AvgIpc) is 2.23. The van der Waals surface area contributed by atoms with Crippen molar-refractivity contribution in [2.75, 3.05) is 25.1 Å². The molecule has 1 aliphatic heterocycles. The molecule has 5 heteroatoms. The minimum atomic E-state index is -0.375. The van der Waals surface area contributed by atoms with E-state index in [0.29, 0.717) is 24.3 Å². The first kappa shape index (κ1) is 10.9. The molecule has 0 spiro atoms. The Bertz CT molecular complexity index is 414. The van der Waals surface area contributed by atoms with Crippen molar-refractivity contribution < 1.29 is 14.6 Å². The Morgan fingerprint density at radius 1 is 1.56 bits per heavy atom. The van der Waals surface area contributed by atoms with E-state index in [9.17, 15) is 9.90 Å². The van der Waals surface area contributed by atoms with Crippen LogP contribution in [0, 0.1) is 6.92 Å². The second kappa shape index (κ2) is 4.09. The third-order valence-electron chi connectivity index (χ3n) is 2.66. The third kappa shape index (κ3) is 1.86. The maximum atomic E-state index is 11.3. The minimum absolute atomic E-state index is 0.262. The number of esters is 1. The number of aryl methyl sites for hydroxylation is 1. The van der Waals surface area contributed by atoms with E-state index in [-0.39, 0.29) is 12.1 Å². The standard InChI is InChI=1S/C11H14N2O3/c1-7-9(11(15)16-2)3-4-10(12-7)13-5-8(14)6-13/h3-4,8,14H,5-6H2,1-2H3. The number of pyridine rings is 1. The van der Waals surface area contributed by atoms with Crippen molar-refractivity contribution in [1.29, 1.82) is 0 Å². The highest BCUT2D eigenvalue weighted by Gasteiger charge is 2.26. The number of carbonyl (C=O) groups excluding carboxylic acids is 1. The predicted octanol–water partition coefficient (Wildman–Crippen LogP) is 0.358. The lowest BCUT2D eigenvalue weighted by molar-refractivity contribution is 0.0599. The zero-order valence-corrected chi connectivity index (χ0v) is 9.30. The van der Waals surface area contributed by atoms with Crippen LogP contribution in [0.4, 0.5) is 5.82 Å². The molecule has 1 saturated heterocycles. The number of carbonyl (C=O) groups is 1. The van der Waals surface area contributed by atoms with Gasteiger partial charge in [-0.15, -0.1) is 0 Å². The molecule has 16 heavy (non-hydrogen) atoms. The Hall–Kier alpha value is -1.62. The summed E-state index contributed by atoms with van der Waals surface area (Å²) in [6.45, 7) is 2.97. The molecule has 0 atom stereocenters. The lowest BCUT2D eigenvalue weighted by Crippen LogP contribution is -2.51. The molecule has 5 nitrogen and oxygen atoms in total. The van der Waals surface area contributed by atoms with Crippen LogP contribution in [0.15, 0.2) is 12.1 Å². The van der Waals surface area contributed by atoms with Crippen LogP contribution in [0.1, 0.15) is 16.1 Å². The highest BCUT2D eigenvalue weighted by Crippen LogP contribution is 2.20. The van der Waals surface area contributed by atoms with Crippen molar-refractivity contribution >= 4 is 11.8 Å². The van der Waals surface area contributed by atoms with E-state index >= 15 is 0 Å². The second-order valence-electron chi connectivity index (χ2n) is 3.85. The fraction of sp³-hybridized carbons (Fsp3) is 0.455. The first-order valence-electron chi connectivity index (χ1n) is 5.11. The van der Waals surface area contributed by atoms with E-state index in [4.69, 9.17) is 0 Å². The molecule has 1 fully saturated rings. The molecule has 0 unspecified atom stereocenters. The number of β-amino-alcohol motifs (C(OH)–C–C–N with tert-alkyl or cyclic N) is 1. The van der Waals surface area contributed by atoms with Gasteiger partial charge in [0.2, 0.25) is 0 Å². The molecule has 86 valence electrons. The highest BCUT2D eigenvalue weighted by molar-refractivity contribution is 5.90. The molecule has 1 aliphatic rings. The van der Waals surface area contributed by atoms with Gasteiger partial charge in [0.25, 0.3) is 0 Å². The summed E-state index contributed by atoms with van der Waals surface area (Å²) in [5.41, 5.74) is 1.12. The maximum Gasteiger partial charge on any atom is 0.339 e. The number of nitrogens with zero attached hydrogens (tertiary/aromatic N) is 2. The van der Waals surface area contributed by atoms with Crippen LogP contribution in [-0.2, 0) is 4.74 Å². The quantitative estimate of drug-likeness (QED) is 0.732. The van der Waals surface area contributed by atoms with Gasteiger partial charge in [-0.05, 0) is 19.1 Å². The number of aliphatic hydroxyl groups excluding tert-OH is 1. The molecule has 0 aliphatic carbocycles. The normalized spacial score (nSPS) is 15.8. The van der Waals surface area contributed by atoms with Crippen LogP contribution in [-0.4, -0.2) is 42.4 Å². The van der Waals surface area contributed by atoms with Crippen molar-refractivity contribution in [2.45, 2.75) is 13.0 Å². The van der Waals surface area contributed by atoms with E-state index < -0.39 is 0 Å². The van der Waals surface area contributed by atoms with Crippen LogP contribution in [0.5, 0.6) is 0 Å².